The van der Waals surface area contributed by atoms with Crippen LogP contribution in [0.15, 0.2) is 41.5 Å². The number of hydrogen-bond donors (Lipinski definition) is 1. The number of nitrogens with one attached hydrogen (secondary N) is 1. The third-order valence-corrected chi connectivity index (χ3v) is 3.58. The summed E-state index contributed by atoms with van der Waals surface area (Å²) in [4.78, 5) is 26.1. The Hall–Kier alpha value is -2.48. The summed E-state index contributed by atoms with van der Waals surface area (Å²) in [6.45, 7) is 2.65. The van der Waals surface area contributed by atoms with E-state index in [4.69, 9.17) is 0 Å². The van der Waals surface area contributed by atoms with Crippen LogP contribution in [0.3, 0.4) is 0 Å². The number of thiazole rings is 1. The van der Waals surface area contributed by atoms with Gasteiger partial charge < -0.3 is 9.88 Å². The number of benzene rings is 1. The van der Waals surface area contributed by atoms with Crippen LogP contribution >= 0.6 is 11.3 Å². The average Bonchev–Trinajstić information content (AvgIpc) is 2.83. The summed E-state index contributed by atoms with van der Waals surface area (Å²) in [5.74, 6) is 0. The number of urea groups is 1. The van der Waals surface area contributed by atoms with E-state index in [9.17, 15) is 14.9 Å². The second-order valence-electron chi connectivity index (χ2n) is 4.17. The molecular formula is C13H14N4O3S. The topological polar surface area (TPSA) is 89.5 Å². The Bertz CT molecular complexity index is 706. The van der Waals surface area contributed by atoms with Gasteiger partial charge in [-0.05, 0) is 23.8 Å². The molecular weight excluding hydrogens is 292 g/mol. The van der Waals surface area contributed by atoms with Crippen molar-refractivity contribution in [1.29, 1.82) is 0 Å². The van der Waals surface area contributed by atoms with Gasteiger partial charge in [0.15, 0.2) is 0 Å². The average molecular weight is 306 g/mol. The molecule has 7 nitrogen and oxygen atoms in total. The highest BCUT2D eigenvalue weighted by Gasteiger charge is 2.13. The lowest BCUT2D eigenvalue weighted by atomic mass is 10.2. The number of rotatable bonds is 4. The van der Waals surface area contributed by atoms with Gasteiger partial charge in [-0.3, -0.25) is 10.1 Å². The van der Waals surface area contributed by atoms with Crippen molar-refractivity contribution in [1.82, 2.24) is 9.88 Å². The van der Waals surface area contributed by atoms with E-state index in [-0.39, 0.29) is 5.00 Å². The quantitative estimate of drug-likeness (QED) is 0.693. The summed E-state index contributed by atoms with van der Waals surface area (Å²) in [7, 11) is 0. The van der Waals surface area contributed by atoms with Gasteiger partial charge in [-0.1, -0.05) is 30.3 Å². The standard InChI is InChI=1S/C13H14N4O3S/c1-2-14-12(18)15-13-16(9-11(21-13)17(19)20)8-10-6-4-3-5-7-10/h3-7,9H,2,8H2,1H3,(H,14,18)/b15-13-. The van der Waals surface area contributed by atoms with Crippen molar-refractivity contribution in [2.24, 2.45) is 4.99 Å². The molecule has 2 amide bonds. The molecule has 0 atom stereocenters. The van der Waals surface area contributed by atoms with E-state index in [0.29, 0.717) is 17.9 Å². The Morgan fingerprint density at radius 2 is 2.14 bits per heavy atom. The van der Waals surface area contributed by atoms with Crippen molar-refractivity contribution in [2.75, 3.05) is 6.54 Å². The Morgan fingerprint density at radius 1 is 1.43 bits per heavy atom. The number of nitrogens with zero attached hydrogens (tertiary/aromatic N) is 3. The molecule has 0 aliphatic carbocycles. The number of amides is 2. The molecule has 1 aromatic heterocycles. The van der Waals surface area contributed by atoms with Crippen LogP contribution in [0, 0.1) is 10.1 Å². The second-order valence-corrected chi connectivity index (χ2v) is 5.16. The highest BCUT2D eigenvalue weighted by atomic mass is 32.1. The molecule has 0 saturated carbocycles. The van der Waals surface area contributed by atoms with Crippen molar-refractivity contribution in [3.05, 3.63) is 57.0 Å². The maximum atomic E-state index is 11.5. The molecule has 110 valence electrons. The number of carbonyl (C=O) groups excluding carboxylic acids is 1. The van der Waals surface area contributed by atoms with Gasteiger partial charge in [0.1, 0.15) is 0 Å². The number of aromatic nitrogens is 1. The molecule has 0 aliphatic rings. The number of hydrogen-bond acceptors (Lipinski definition) is 4. The third kappa shape index (κ3) is 3.99. The monoisotopic (exact) mass is 306 g/mol. The second kappa shape index (κ2) is 6.80. The van der Waals surface area contributed by atoms with Crippen LogP contribution in [-0.2, 0) is 6.54 Å². The fourth-order valence-electron chi connectivity index (χ4n) is 1.71. The fraction of sp³-hybridized carbons (Fsp3) is 0.231. The fourth-order valence-corrected chi connectivity index (χ4v) is 2.51. The Balaban J connectivity index is 2.38. The normalized spacial score (nSPS) is 11.4. The molecule has 0 unspecified atom stereocenters. The summed E-state index contributed by atoms with van der Waals surface area (Å²) in [5.41, 5.74) is 0.975. The van der Waals surface area contributed by atoms with Gasteiger partial charge in [0.05, 0.1) is 17.7 Å². The Kier molecular flexibility index (Phi) is 4.83. The van der Waals surface area contributed by atoms with Crippen molar-refractivity contribution in [3.63, 3.8) is 0 Å². The van der Waals surface area contributed by atoms with Gasteiger partial charge in [0, 0.05) is 6.54 Å². The maximum Gasteiger partial charge on any atom is 0.343 e. The summed E-state index contributed by atoms with van der Waals surface area (Å²) in [6, 6.07) is 8.98. The smallest absolute Gasteiger partial charge is 0.336 e. The highest BCUT2D eigenvalue weighted by molar-refractivity contribution is 7.12. The van der Waals surface area contributed by atoms with Gasteiger partial charge >= 0.3 is 11.0 Å². The molecule has 8 heteroatoms. The summed E-state index contributed by atoms with van der Waals surface area (Å²) in [5, 5.41) is 13.4. The molecule has 0 radical (unpaired) electrons. The van der Waals surface area contributed by atoms with Gasteiger partial charge in [-0.15, -0.1) is 0 Å². The number of nitro groups is 1. The molecule has 0 spiro atoms. The minimum Gasteiger partial charge on any atom is -0.336 e. The van der Waals surface area contributed by atoms with Crippen LogP contribution in [0.25, 0.3) is 0 Å². The summed E-state index contributed by atoms with van der Waals surface area (Å²) >= 11 is 0.877. The Morgan fingerprint density at radius 3 is 2.76 bits per heavy atom. The first-order valence-electron chi connectivity index (χ1n) is 6.31. The van der Waals surface area contributed by atoms with E-state index in [1.54, 1.807) is 11.5 Å². The molecule has 0 saturated heterocycles. The van der Waals surface area contributed by atoms with Crippen molar-refractivity contribution < 1.29 is 9.72 Å². The first-order valence-corrected chi connectivity index (χ1v) is 7.13. The van der Waals surface area contributed by atoms with Crippen LogP contribution in [0.4, 0.5) is 9.80 Å². The predicted octanol–water partition coefficient (Wildman–Crippen LogP) is 2.14. The molecule has 2 aromatic rings. The van der Waals surface area contributed by atoms with E-state index in [1.807, 2.05) is 30.3 Å². The minimum atomic E-state index is -0.504. The van der Waals surface area contributed by atoms with Crippen LogP contribution in [0.2, 0.25) is 0 Å². The van der Waals surface area contributed by atoms with Gasteiger partial charge in [-0.25, -0.2) is 4.79 Å². The van der Waals surface area contributed by atoms with E-state index >= 15 is 0 Å². The molecule has 1 N–H and O–H groups in total. The van der Waals surface area contributed by atoms with E-state index < -0.39 is 11.0 Å². The maximum absolute atomic E-state index is 11.5. The van der Waals surface area contributed by atoms with Gasteiger partial charge in [0.25, 0.3) is 0 Å². The van der Waals surface area contributed by atoms with E-state index in [0.717, 1.165) is 16.9 Å². The Labute approximate surface area is 124 Å². The molecule has 1 heterocycles. The molecule has 0 fully saturated rings. The SMILES string of the molecule is CCNC(=O)/N=c1\sc([N+](=O)[O-])cn1Cc1ccccc1. The first-order chi connectivity index (χ1) is 10.1. The lowest BCUT2D eigenvalue weighted by molar-refractivity contribution is -0.380. The zero-order valence-corrected chi connectivity index (χ0v) is 12.2. The molecule has 0 aliphatic heterocycles. The van der Waals surface area contributed by atoms with Gasteiger partial charge in [0.2, 0.25) is 4.80 Å². The zero-order valence-electron chi connectivity index (χ0n) is 11.4. The van der Waals surface area contributed by atoms with Crippen LogP contribution in [0.5, 0.6) is 0 Å². The van der Waals surface area contributed by atoms with E-state index in [2.05, 4.69) is 10.3 Å². The van der Waals surface area contributed by atoms with Crippen LogP contribution in [0.1, 0.15) is 12.5 Å². The van der Waals surface area contributed by atoms with Crippen molar-refractivity contribution >= 4 is 22.4 Å². The number of carbonyl (C=O) groups is 1. The van der Waals surface area contributed by atoms with E-state index in [1.165, 1.54) is 6.20 Å². The van der Waals surface area contributed by atoms with Crippen LogP contribution < -0.4 is 10.1 Å². The predicted molar refractivity (Wildman–Crippen MR) is 79.1 cm³/mol. The molecule has 21 heavy (non-hydrogen) atoms. The van der Waals surface area contributed by atoms with Crippen molar-refractivity contribution in [2.45, 2.75) is 13.5 Å². The lowest BCUT2D eigenvalue weighted by Crippen LogP contribution is -2.24. The summed E-state index contributed by atoms with van der Waals surface area (Å²) in [6.07, 6.45) is 1.40. The third-order valence-electron chi connectivity index (χ3n) is 2.61. The summed E-state index contributed by atoms with van der Waals surface area (Å²) < 4.78 is 1.60. The van der Waals surface area contributed by atoms with Gasteiger partial charge in [-0.2, -0.15) is 4.99 Å². The van der Waals surface area contributed by atoms with Crippen molar-refractivity contribution in [3.8, 4) is 0 Å². The zero-order chi connectivity index (χ0) is 15.2. The molecule has 1 aromatic carbocycles. The first kappa shape index (κ1) is 14.9. The molecule has 0 bridgehead atoms. The highest BCUT2D eigenvalue weighted by Crippen LogP contribution is 2.15. The van der Waals surface area contributed by atoms with Crippen LogP contribution in [-0.4, -0.2) is 22.1 Å². The molecule has 2 rings (SSSR count). The minimum absolute atomic E-state index is 0.0472. The largest absolute Gasteiger partial charge is 0.343 e. The lowest BCUT2D eigenvalue weighted by Gasteiger charge is -2.02.